The largest absolute Gasteiger partial charge is 0.439 e. The molecule has 3 rings (SSSR count). The minimum Gasteiger partial charge on any atom is -0.439 e. The molecule has 0 radical (unpaired) electrons. The van der Waals surface area contributed by atoms with Gasteiger partial charge in [0, 0.05) is 31.5 Å². The van der Waals surface area contributed by atoms with Gasteiger partial charge in [-0.1, -0.05) is 12.1 Å². The molecule has 1 aromatic heterocycles. The van der Waals surface area contributed by atoms with Gasteiger partial charge in [0.1, 0.15) is 17.2 Å². The summed E-state index contributed by atoms with van der Waals surface area (Å²) in [5, 5.41) is 6.14. The van der Waals surface area contributed by atoms with Crippen LogP contribution in [0.15, 0.2) is 42.6 Å². The molecular weight excluding hydrogens is 408 g/mol. The van der Waals surface area contributed by atoms with E-state index in [1.807, 2.05) is 6.07 Å². The van der Waals surface area contributed by atoms with Gasteiger partial charge in [-0.25, -0.2) is 9.37 Å². The highest BCUT2D eigenvalue weighted by molar-refractivity contribution is 5.86. The fourth-order valence-corrected chi connectivity index (χ4v) is 2.98. The number of hydrogen-bond donors (Lipinski definition) is 2. The number of carbonyl (C=O) groups is 1. The number of carbonyl (C=O) groups excluding carboxylic acids is 1. The van der Waals surface area contributed by atoms with Crippen molar-refractivity contribution in [2.45, 2.75) is 25.0 Å². The van der Waals surface area contributed by atoms with Crippen molar-refractivity contribution in [1.82, 2.24) is 15.6 Å². The molecule has 0 unspecified atom stereocenters. The molecule has 1 fully saturated rings. The van der Waals surface area contributed by atoms with Crippen LogP contribution in [-0.2, 0) is 16.1 Å². The van der Waals surface area contributed by atoms with Gasteiger partial charge in [-0.3, -0.25) is 4.79 Å². The number of ether oxygens (including phenoxy) is 2. The van der Waals surface area contributed by atoms with Gasteiger partial charge in [0.25, 0.3) is 5.91 Å². The van der Waals surface area contributed by atoms with E-state index in [4.69, 9.17) is 9.47 Å². The third-order valence-electron chi connectivity index (χ3n) is 4.52. The number of pyridine rings is 1. The van der Waals surface area contributed by atoms with E-state index in [0.717, 1.165) is 13.1 Å². The van der Waals surface area contributed by atoms with Crippen LogP contribution in [0.4, 0.5) is 4.39 Å². The van der Waals surface area contributed by atoms with Crippen molar-refractivity contribution < 1.29 is 18.7 Å². The monoisotopic (exact) mass is 431 g/mol. The van der Waals surface area contributed by atoms with Gasteiger partial charge in [0.15, 0.2) is 0 Å². The van der Waals surface area contributed by atoms with Crippen LogP contribution in [0.25, 0.3) is 0 Å². The van der Waals surface area contributed by atoms with E-state index in [1.165, 1.54) is 12.1 Å². The molecule has 1 aromatic carbocycles. The fourth-order valence-electron chi connectivity index (χ4n) is 2.98. The molecule has 2 aromatic rings. The molecule has 1 amide bonds. The first kappa shape index (κ1) is 24.1. The maximum absolute atomic E-state index is 13.3. The second-order valence-corrected chi connectivity index (χ2v) is 6.16. The number of nitrogens with one attached hydrogen (secondary N) is 2. The number of benzene rings is 1. The summed E-state index contributed by atoms with van der Waals surface area (Å²) in [4.78, 5) is 16.9. The van der Waals surface area contributed by atoms with Gasteiger partial charge < -0.3 is 20.1 Å². The third kappa shape index (κ3) is 5.78. The lowest BCUT2D eigenvalue weighted by Gasteiger charge is -2.34. The van der Waals surface area contributed by atoms with Crippen LogP contribution in [-0.4, -0.2) is 36.7 Å². The highest BCUT2D eigenvalue weighted by atomic mass is 35.5. The fraction of sp³-hybridized carbons (Fsp3) is 0.368. The maximum atomic E-state index is 13.3. The number of nitrogens with zero attached hydrogens (tertiary/aromatic N) is 1. The van der Waals surface area contributed by atoms with Crippen LogP contribution in [0.5, 0.6) is 11.6 Å². The number of hydrogen-bond acceptors (Lipinski definition) is 5. The first-order valence-corrected chi connectivity index (χ1v) is 8.54. The summed E-state index contributed by atoms with van der Waals surface area (Å²) in [5.74, 6) is 0.140. The first-order valence-electron chi connectivity index (χ1n) is 8.54. The van der Waals surface area contributed by atoms with Crippen LogP contribution in [0, 0.1) is 5.82 Å². The Bertz CT molecular complexity index is 774. The van der Waals surface area contributed by atoms with Crippen molar-refractivity contribution in [3.05, 3.63) is 54.0 Å². The number of rotatable bonds is 6. The Morgan fingerprint density at radius 1 is 1.25 bits per heavy atom. The number of aromatic nitrogens is 1. The van der Waals surface area contributed by atoms with Crippen molar-refractivity contribution in [3.63, 3.8) is 0 Å². The van der Waals surface area contributed by atoms with Gasteiger partial charge in [0.05, 0.1) is 0 Å². The van der Waals surface area contributed by atoms with Crippen molar-refractivity contribution in [1.29, 1.82) is 0 Å². The molecular formula is C19H24Cl2FN3O3. The molecule has 1 aliphatic rings. The van der Waals surface area contributed by atoms with E-state index in [1.54, 1.807) is 31.5 Å². The Morgan fingerprint density at radius 2 is 2.00 bits per heavy atom. The first-order chi connectivity index (χ1) is 12.6. The van der Waals surface area contributed by atoms with Crippen LogP contribution >= 0.6 is 24.8 Å². The Morgan fingerprint density at radius 3 is 2.68 bits per heavy atom. The molecule has 6 nitrogen and oxygen atoms in total. The summed E-state index contributed by atoms with van der Waals surface area (Å²) in [6, 6.07) is 9.41. The zero-order valence-electron chi connectivity index (χ0n) is 15.4. The highest BCUT2D eigenvalue weighted by Crippen LogP contribution is 2.25. The summed E-state index contributed by atoms with van der Waals surface area (Å²) >= 11 is 0. The van der Waals surface area contributed by atoms with E-state index < -0.39 is 5.60 Å². The lowest BCUT2D eigenvalue weighted by atomic mass is 9.91. The van der Waals surface area contributed by atoms with E-state index >= 15 is 0 Å². The molecule has 28 heavy (non-hydrogen) atoms. The lowest BCUT2D eigenvalue weighted by Crippen LogP contribution is -2.53. The van der Waals surface area contributed by atoms with Gasteiger partial charge in [-0.15, -0.1) is 24.8 Å². The number of methoxy groups -OCH3 is 1. The summed E-state index contributed by atoms with van der Waals surface area (Å²) in [6.45, 7) is 1.72. The van der Waals surface area contributed by atoms with Gasteiger partial charge in [-0.05, 0) is 44.1 Å². The average Bonchev–Trinajstić information content (AvgIpc) is 2.67. The summed E-state index contributed by atoms with van der Waals surface area (Å²) in [6.07, 6.45) is 2.83. The van der Waals surface area contributed by atoms with Crippen LogP contribution in [0.3, 0.4) is 0 Å². The van der Waals surface area contributed by atoms with E-state index in [-0.39, 0.29) is 43.1 Å². The number of piperidine rings is 1. The topological polar surface area (TPSA) is 72.5 Å². The van der Waals surface area contributed by atoms with Crippen molar-refractivity contribution in [2.24, 2.45) is 0 Å². The summed E-state index contributed by atoms with van der Waals surface area (Å²) < 4.78 is 24.5. The second-order valence-electron chi connectivity index (χ2n) is 6.16. The predicted molar refractivity (Wildman–Crippen MR) is 109 cm³/mol. The minimum absolute atomic E-state index is 0. The van der Waals surface area contributed by atoms with E-state index in [9.17, 15) is 9.18 Å². The van der Waals surface area contributed by atoms with Crippen LogP contribution in [0.1, 0.15) is 18.4 Å². The molecule has 0 spiro atoms. The van der Waals surface area contributed by atoms with Crippen molar-refractivity contribution in [2.75, 3.05) is 20.2 Å². The highest BCUT2D eigenvalue weighted by Gasteiger charge is 2.39. The Balaban J connectivity index is 0.00000196. The standard InChI is InChI=1S/C19H22FN3O3.2ClH/c1-25-19(7-10-21-11-8-19)18(24)23-13-14-4-3-9-22-17(14)26-16-6-2-5-15(20)12-16;;/h2-6,9,12,21H,7-8,10-11,13H2,1H3,(H,23,24);2*1H. The maximum Gasteiger partial charge on any atom is 0.252 e. The van der Waals surface area contributed by atoms with Crippen LogP contribution < -0.4 is 15.4 Å². The minimum atomic E-state index is -0.808. The van der Waals surface area contributed by atoms with E-state index in [0.29, 0.717) is 30.0 Å². The molecule has 1 saturated heterocycles. The Labute approximate surface area is 176 Å². The quantitative estimate of drug-likeness (QED) is 0.734. The number of amides is 1. The molecule has 0 aliphatic carbocycles. The lowest BCUT2D eigenvalue weighted by molar-refractivity contribution is -0.146. The Hall–Kier alpha value is -1.93. The smallest absolute Gasteiger partial charge is 0.252 e. The van der Waals surface area contributed by atoms with Crippen molar-refractivity contribution in [3.8, 4) is 11.6 Å². The van der Waals surface area contributed by atoms with Crippen LogP contribution in [0.2, 0.25) is 0 Å². The van der Waals surface area contributed by atoms with Gasteiger partial charge in [0.2, 0.25) is 5.88 Å². The number of halogens is 3. The third-order valence-corrected chi connectivity index (χ3v) is 4.52. The summed E-state index contributed by atoms with van der Waals surface area (Å²) in [5.41, 5.74) is -0.109. The Kier molecular flexibility index (Phi) is 9.61. The predicted octanol–water partition coefficient (Wildman–Crippen LogP) is 3.24. The van der Waals surface area contributed by atoms with Gasteiger partial charge >= 0.3 is 0 Å². The van der Waals surface area contributed by atoms with Gasteiger partial charge in [-0.2, -0.15) is 0 Å². The molecule has 2 heterocycles. The molecule has 0 saturated carbocycles. The average molecular weight is 432 g/mol. The van der Waals surface area contributed by atoms with E-state index in [2.05, 4.69) is 15.6 Å². The normalized spacial score (nSPS) is 14.9. The summed E-state index contributed by atoms with van der Waals surface area (Å²) in [7, 11) is 1.56. The zero-order chi connectivity index (χ0) is 18.4. The molecule has 0 atom stereocenters. The SMILES string of the molecule is COC1(C(=O)NCc2cccnc2Oc2cccc(F)c2)CCNCC1.Cl.Cl. The molecule has 154 valence electrons. The molecule has 1 aliphatic heterocycles. The second kappa shape index (κ2) is 11.2. The zero-order valence-corrected chi connectivity index (χ0v) is 17.1. The molecule has 2 N–H and O–H groups in total. The molecule has 9 heteroatoms. The molecule has 0 bridgehead atoms. The van der Waals surface area contributed by atoms with Crippen molar-refractivity contribution >= 4 is 30.7 Å².